The molecule has 5 aliphatic rings. The van der Waals surface area contributed by atoms with Gasteiger partial charge in [-0.15, -0.1) is 0 Å². The van der Waals surface area contributed by atoms with Crippen molar-refractivity contribution in [2.24, 2.45) is 35.5 Å². The van der Waals surface area contributed by atoms with Crippen LogP contribution in [0.4, 0.5) is 5.00 Å². The number of nitrogens with zero attached hydrogens (tertiary/aromatic N) is 4. The SMILES string of the molecule is O=C1C2C3CCC(C3)C2C(=O)N1CC1CCCCC1CN1CCN(c2snc3ccccc23)CC1. The average molecular weight is 493 g/mol. The van der Waals surface area contributed by atoms with Gasteiger partial charge in [-0.2, -0.15) is 4.37 Å². The van der Waals surface area contributed by atoms with Gasteiger partial charge in [0.05, 0.1) is 17.4 Å². The Bertz CT molecular complexity index is 1100. The molecule has 2 saturated heterocycles. The number of carbonyl (C=O) groups is 2. The molecule has 3 aliphatic carbocycles. The van der Waals surface area contributed by atoms with Gasteiger partial charge in [0.15, 0.2) is 0 Å². The maximum atomic E-state index is 13.3. The van der Waals surface area contributed by atoms with Crippen LogP contribution in [0.5, 0.6) is 0 Å². The molecule has 3 heterocycles. The molecule has 1 aromatic heterocycles. The van der Waals surface area contributed by atoms with Crippen LogP contribution < -0.4 is 4.90 Å². The molecule has 6 unspecified atom stereocenters. The van der Waals surface area contributed by atoms with Gasteiger partial charge in [-0.25, -0.2) is 0 Å². The van der Waals surface area contributed by atoms with Gasteiger partial charge in [0, 0.05) is 44.7 Å². The second-order valence-electron chi connectivity index (χ2n) is 11.8. The van der Waals surface area contributed by atoms with Gasteiger partial charge in [0.2, 0.25) is 11.8 Å². The molecule has 2 aliphatic heterocycles. The summed E-state index contributed by atoms with van der Waals surface area (Å²) in [5.74, 6) is 2.46. The van der Waals surface area contributed by atoms with E-state index in [1.807, 2.05) is 0 Å². The Morgan fingerprint density at radius 2 is 1.49 bits per heavy atom. The third-order valence-electron chi connectivity index (χ3n) is 10.0. The largest absolute Gasteiger partial charge is 0.359 e. The Kier molecular flexibility index (Phi) is 5.61. The van der Waals surface area contributed by atoms with Crippen LogP contribution in [0.3, 0.4) is 0 Å². The zero-order valence-electron chi connectivity index (χ0n) is 20.5. The number of likely N-dealkylation sites (tertiary alicyclic amines) is 1. The smallest absolute Gasteiger partial charge is 0.233 e. The van der Waals surface area contributed by atoms with Crippen LogP contribution >= 0.6 is 11.5 Å². The van der Waals surface area contributed by atoms with Crippen molar-refractivity contribution >= 4 is 39.3 Å². The normalized spacial score (nSPS) is 35.4. The van der Waals surface area contributed by atoms with E-state index in [9.17, 15) is 9.59 Å². The second kappa shape index (κ2) is 8.84. The highest BCUT2D eigenvalue weighted by molar-refractivity contribution is 7.11. The number of hydrogen-bond acceptors (Lipinski definition) is 6. The zero-order valence-corrected chi connectivity index (χ0v) is 21.3. The van der Waals surface area contributed by atoms with Crippen LogP contribution in [0.2, 0.25) is 0 Å². The molecule has 0 N–H and O–H groups in total. The van der Waals surface area contributed by atoms with Gasteiger partial charge in [-0.1, -0.05) is 25.0 Å². The number of anilines is 1. The number of carbonyl (C=O) groups excluding carboxylic acids is 2. The van der Waals surface area contributed by atoms with Crippen LogP contribution in [0.25, 0.3) is 10.9 Å². The summed E-state index contributed by atoms with van der Waals surface area (Å²) in [6.07, 6.45) is 8.36. The quantitative estimate of drug-likeness (QED) is 0.584. The predicted octanol–water partition coefficient (Wildman–Crippen LogP) is 4.26. The molecule has 3 saturated carbocycles. The molecular formula is C28H36N4O2S. The first-order valence-corrected chi connectivity index (χ1v) is 14.6. The van der Waals surface area contributed by atoms with Gasteiger partial charge in [-0.05, 0) is 79.4 Å². The Hall–Kier alpha value is -1.99. The standard InChI is InChI=1S/C28H36N4O2S/c33-26-24-18-9-10-19(15-18)25(24)27(34)32(26)17-21-6-2-1-5-20(21)16-30-11-13-31(14-12-30)28-22-7-3-4-8-23(22)29-35-28/h3-4,7-8,18-21,24-25H,1-2,5-6,9-17H2. The van der Waals surface area contributed by atoms with Crippen molar-refractivity contribution in [3.05, 3.63) is 24.3 Å². The van der Waals surface area contributed by atoms with Crippen molar-refractivity contribution in [3.63, 3.8) is 0 Å². The van der Waals surface area contributed by atoms with Crippen molar-refractivity contribution < 1.29 is 9.59 Å². The molecule has 186 valence electrons. The summed E-state index contributed by atoms with van der Waals surface area (Å²) in [5, 5.41) is 2.58. The molecule has 35 heavy (non-hydrogen) atoms. The Morgan fingerprint density at radius 3 is 2.20 bits per heavy atom. The zero-order chi connectivity index (χ0) is 23.5. The van der Waals surface area contributed by atoms with Crippen molar-refractivity contribution in [2.75, 3.05) is 44.2 Å². The van der Waals surface area contributed by atoms with E-state index < -0.39 is 0 Å². The van der Waals surface area contributed by atoms with Gasteiger partial charge in [0.1, 0.15) is 5.00 Å². The van der Waals surface area contributed by atoms with E-state index in [1.54, 1.807) is 16.4 Å². The highest BCUT2D eigenvalue weighted by atomic mass is 32.1. The highest BCUT2D eigenvalue weighted by Crippen LogP contribution is 2.56. The monoisotopic (exact) mass is 492 g/mol. The minimum absolute atomic E-state index is 0.0270. The van der Waals surface area contributed by atoms with Gasteiger partial charge >= 0.3 is 0 Å². The molecule has 2 aromatic rings. The third-order valence-corrected chi connectivity index (χ3v) is 11.0. The maximum absolute atomic E-state index is 13.3. The summed E-state index contributed by atoms with van der Waals surface area (Å²) in [6.45, 7) is 6.02. The minimum Gasteiger partial charge on any atom is -0.359 e. The first-order valence-electron chi connectivity index (χ1n) is 13.8. The number of rotatable bonds is 5. The number of fused-ring (bicyclic) bond motifs is 6. The average Bonchev–Trinajstić information content (AvgIpc) is 3.66. The molecule has 2 bridgehead atoms. The van der Waals surface area contributed by atoms with Crippen molar-refractivity contribution in [1.29, 1.82) is 0 Å². The van der Waals surface area contributed by atoms with Crippen molar-refractivity contribution in [3.8, 4) is 0 Å². The van der Waals surface area contributed by atoms with Gasteiger partial charge in [0.25, 0.3) is 0 Å². The number of aromatic nitrogens is 1. The third kappa shape index (κ3) is 3.72. The van der Waals surface area contributed by atoms with E-state index in [-0.39, 0.29) is 23.7 Å². The van der Waals surface area contributed by atoms with E-state index >= 15 is 0 Å². The van der Waals surface area contributed by atoms with Crippen LogP contribution in [-0.2, 0) is 9.59 Å². The minimum atomic E-state index is 0.0270. The number of piperazine rings is 1. The van der Waals surface area contributed by atoms with E-state index in [0.29, 0.717) is 30.2 Å². The summed E-state index contributed by atoms with van der Waals surface area (Å²) in [4.78, 5) is 33.4. The second-order valence-corrected chi connectivity index (χ2v) is 12.5. The molecule has 7 rings (SSSR count). The van der Waals surface area contributed by atoms with Gasteiger partial charge in [-0.3, -0.25) is 19.4 Å². The summed E-state index contributed by atoms with van der Waals surface area (Å²) in [7, 11) is 0. The lowest BCUT2D eigenvalue weighted by Gasteiger charge is -2.40. The molecule has 5 fully saturated rings. The fourth-order valence-electron chi connectivity index (χ4n) is 8.22. The van der Waals surface area contributed by atoms with E-state index in [2.05, 4.69) is 38.4 Å². The lowest BCUT2D eigenvalue weighted by Crippen LogP contribution is -2.49. The molecule has 6 atom stereocenters. The first kappa shape index (κ1) is 22.2. The fraction of sp³-hybridized carbons (Fsp3) is 0.679. The number of imide groups is 1. The van der Waals surface area contributed by atoms with Crippen LogP contribution in [0.1, 0.15) is 44.9 Å². The topological polar surface area (TPSA) is 56.8 Å². The molecule has 1 aromatic carbocycles. The molecule has 7 heteroatoms. The van der Waals surface area contributed by atoms with Crippen molar-refractivity contribution in [1.82, 2.24) is 14.2 Å². The number of amides is 2. The van der Waals surface area contributed by atoms with Gasteiger partial charge < -0.3 is 4.90 Å². The maximum Gasteiger partial charge on any atom is 0.233 e. The first-order chi connectivity index (χ1) is 17.2. The van der Waals surface area contributed by atoms with E-state index in [1.165, 1.54) is 29.6 Å². The molecular weight excluding hydrogens is 456 g/mol. The van der Waals surface area contributed by atoms with Crippen LogP contribution in [0.15, 0.2) is 24.3 Å². The van der Waals surface area contributed by atoms with Crippen LogP contribution in [-0.4, -0.2) is 65.3 Å². The summed E-state index contributed by atoms with van der Waals surface area (Å²) >= 11 is 1.62. The Morgan fingerprint density at radius 1 is 0.829 bits per heavy atom. The predicted molar refractivity (Wildman–Crippen MR) is 138 cm³/mol. The fourth-order valence-corrected chi connectivity index (χ4v) is 9.13. The summed E-state index contributed by atoms with van der Waals surface area (Å²) < 4.78 is 4.64. The molecule has 0 spiro atoms. The molecule has 2 amide bonds. The van der Waals surface area contributed by atoms with Crippen LogP contribution in [0, 0.1) is 35.5 Å². The molecule has 6 nitrogen and oxygen atoms in total. The number of benzene rings is 1. The lowest BCUT2D eigenvalue weighted by molar-refractivity contribution is -0.142. The van der Waals surface area contributed by atoms with Crippen molar-refractivity contribution in [2.45, 2.75) is 44.9 Å². The Balaban J connectivity index is 0.986. The molecule has 0 radical (unpaired) electrons. The highest BCUT2D eigenvalue weighted by Gasteiger charge is 2.61. The lowest BCUT2D eigenvalue weighted by atomic mass is 9.78. The summed E-state index contributed by atoms with van der Waals surface area (Å²) in [5.41, 5.74) is 1.10. The summed E-state index contributed by atoms with van der Waals surface area (Å²) in [6, 6.07) is 8.45. The Labute approximate surface area is 211 Å². The van der Waals surface area contributed by atoms with E-state index in [0.717, 1.165) is 63.9 Å². The van der Waals surface area contributed by atoms with E-state index in [4.69, 9.17) is 0 Å². The number of hydrogen-bond donors (Lipinski definition) is 0.